The van der Waals surface area contributed by atoms with Crippen molar-refractivity contribution in [3.63, 3.8) is 0 Å². The van der Waals surface area contributed by atoms with E-state index in [9.17, 15) is 5.11 Å². The van der Waals surface area contributed by atoms with Crippen molar-refractivity contribution in [2.45, 2.75) is 26.4 Å². The van der Waals surface area contributed by atoms with E-state index in [2.05, 4.69) is 38.2 Å². The van der Waals surface area contributed by atoms with Crippen molar-refractivity contribution in [3.05, 3.63) is 23.8 Å². The predicted octanol–water partition coefficient (Wildman–Crippen LogP) is 2.08. The molecule has 0 saturated carbocycles. The Morgan fingerprint density at radius 2 is 2.00 bits per heavy atom. The molecule has 0 aromatic heterocycles. The molecule has 0 heterocycles. The number of likely N-dealkylation sites (N-methyl/N-ethyl adjacent to an activating group) is 1. The molecule has 1 aromatic carbocycles. The lowest BCUT2D eigenvalue weighted by atomic mass is 10.0. The molecule has 0 bridgehead atoms. The number of aromatic hydroxyl groups is 1. The Labute approximate surface area is 116 Å². The number of nitrogens with one attached hydrogen (secondary N) is 1. The first-order valence-corrected chi connectivity index (χ1v) is 6.69. The Kier molecular flexibility index (Phi) is 6.12. The van der Waals surface area contributed by atoms with E-state index in [4.69, 9.17) is 4.74 Å². The number of phenols is 1. The molecule has 19 heavy (non-hydrogen) atoms. The van der Waals surface area contributed by atoms with Crippen molar-refractivity contribution in [3.8, 4) is 11.5 Å². The Balaban J connectivity index is 2.58. The Bertz CT molecular complexity index is 384. The number of hydrogen-bond donors (Lipinski definition) is 2. The van der Waals surface area contributed by atoms with Crippen molar-refractivity contribution >= 4 is 0 Å². The maximum Gasteiger partial charge on any atom is 0.162 e. The topological polar surface area (TPSA) is 44.7 Å². The van der Waals surface area contributed by atoms with Gasteiger partial charge in [0.05, 0.1) is 7.11 Å². The lowest BCUT2D eigenvalue weighted by Gasteiger charge is -2.28. The summed E-state index contributed by atoms with van der Waals surface area (Å²) in [6.07, 6.45) is 0. The number of benzene rings is 1. The summed E-state index contributed by atoms with van der Waals surface area (Å²) in [7, 11) is 5.75. The number of methoxy groups -OCH3 is 1. The van der Waals surface area contributed by atoms with Crippen molar-refractivity contribution < 1.29 is 9.84 Å². The number of rotatable bonds is 7. The summed E-state index contributed by atoms with van der Waals surface area (Å²) in [5, 5.41) is 13.4. The minimum Gasteiger partial charge on any atom is -0.504 e. The molecule has 0 fully saturated rings. The minimum atomic E-state index is 0.225. The van der Waals surface area contributed by atoms with Gasteiger partial charge in [-0.3, -0.25) is 0 Å². The van der Waals surface area contributed by atoms with Crippen molar-refractivity contribution in [2.75, 3.05) is 27.7 Å². The van der Waals surface area contributed by atoms with Crippen molar-refractivity contribution in [2.24, 2.45) is 5.92 Å². The third-order valence-corrected chi connectivity index (χ3v) is 3.40. The monoisotopic (exact) mass is 266 g/mol. The molecule has 1 atom stereocenters. The Hall–Kier alpha value is -1.26. The largest absolute Gasteiger partial charge is 0.504 e. The van der Waals surface area contributed by atoms with Gasteiger partial charge in [-0.2, -0.15) is 0 Å². The van der Waals surface area contributed by atoms with Crippen LogP contribution in [0.5, 0.6) is 11.5 Å². The van der Waals surface area contributed by atoms with Crippen molar-refractivity contribution in [1.29, 1.82) is 0 Å². The van der Waals surface area contributed by atoms with E-state index in [0.29, 0.717) is 24.3 Å². The molecular weight excluding hydrogens is 240 g/mol. The van der Waals surface area contributed by atoms with Gasteiger partial charge in [0.2, 0.25) is 0 Å². The van der Waals surface area contributed by atoms with Gasteiger partial charge >= 0.3 is 0 Å². The molecule has 0 aliphatic rings. The highest BCUT2D eigenvalue weighted by Gasteiger charge is 2.15. The smallest absolute Gasteiger partial charge is 0.162 e. The third-order valence-electron chi connectivity index (χ3n) is 3.40. The Morgan fingerprint density at radius 1 is 1.32 bits per heavy atom. The molecule has 0 aliphatic carbocycles. The van der Waals surface area contributed by atoms with Crippen LogP contribution < -0.4 is 10.1 Å². The fraction of sp³-hybridized carbons (Fsp3) is 0.600. The molecule has 4 heteroatoms. The molecule has 0 aliphatic heterocycles. The number of phenolic OH excluding ortho intramolecular Hbond substituents is 1. The highest BCUT2D eigenvalue weighted by atomic mass is 16.5. The maximum absolute atomic E-state index is 10.00. The SMILES string of the molecule is COc1cccc(CNCC(C(C)C)N(C)C)c1O. The first-order chi connectivity index (χ1) is 8.97. The van der Waals surface area contributed by atoms with E-state index in [-0.39, 0.29) is 5.75 Å². The normalized spacial score (nSPS) is 13.0. The predicted molar refractivity (Wildman–Crippen MR) is 78.7 cm³/mol. The summed E-state index contributed by atoms with van der Waals surface area (Å²) in [4.78, 5) is 2.23. The van der Waals surface area contributed by atoms with Crippen LogP contribution in [0.2, 0.25) is 0 Å². The van der Waals surface area contributed by atoms with Crippen LogP contribution in [0.25, 0.3) is 0 Å². The van der Waals surface area contributed by atoms with E-state index in [1.165, 1.54) is 0 Å². The van der Waals surface area contributed by atoms with E-state index < -0.39 is 0 Å². The molecule has 0 amide bonds. The summed E-state index contributed by atoms with van der Waals surface area (Å²) in [5.41, 5.74) is 0.862. The lowest BCUT2D eigenvalue weighted by molar-refractivity contribution is 0.224. The van der Waals surface area contributed by atoms with Gasteiger partial charge in [0.25, 0.3) is 0 Å². The highest BCUT2D eigenvalue weighted by molar-refractivity contribution is 5.45. The number of nitrogens with zero attached hydrogens (tertiary/aromatic N) is 1. The Morgan fingerprint density at radius 3 is 2.53 bits per heavy atom. The first kappa shape index (κ1) is 15.8. The summed E-state index contributed by atoms with van der Waals surface area (Å²) >= 11 is 0. The van der Waals surface area contributed by atoms with Gasteiger partial charge in [0.1, 0.15) is 0 Å². The molecule has 4 nitrogen and oxygen atoms in total. The van der Waals surface area contributed by atoms with Crippen LogP contribution >= 0.6 is 0 Å². The summed E-state index contributed by atoms with van der Waals surface area (Å²) in [6.45, 7) is 5.96. The molecule has 108 valence electrons. The fourth-order valence-corrected chi connectivity index (χ4v) is 2.24. The van der Waals surface area contributed by atoms with Crippen LogP contribution in [0.1, 0.15) is 19.4 Å². The molecule has 2 N–H and O–H groups in total. The molecule has 0 radical (unpaired) electrons. The third kappa shape index (κ3) is 4.40. The van der Waals surface area contributed by atoms with Crippen molar-refractivity contribution in [1.82, 2.24) is 10.2 Å². The van der Waals surface area contributed by atoms with Crippen LogP contribution in [-0.2, 0) is 6.54 Å². The van der Waals surface area contributed by atoms with E-state index >= 15 is 0 Å². The van der Waals surface area contributed by atoms with Crippen LogP contribution in [0.3, 0.4) is 0 Å². The van der Waals surface area contributed by atoms with E-state index in [1.54, 1.807) is 13.2 Å². The molecule has 1 aromatic rings. The zero-order valence-corrected chi connectivity index (χ0v) is 12.6. The average Bonchev–Trinajstić information content (AvgIpc) is 2.35. The molecule has 1 rings (SSSR count). The lowest BCUT2D eigenvalue weighted by Crippen LogP contribution is -2.41. The standard InChI is InChI=1S/C15H26N2O2/c1-11(2)13(17(3)4)10-16-9-12-7-6-8-14(19-5)15(12)18/h6-8,11,13,16,18H,9-10H2,1-5H3. The fourth-order valence-electron chi connectivity index (χ4n) is 2.24. The number of para-hydroxylation sites is 1. The van der Waals surface area contributed by atoms with E-state index in [0.717, 1.165) is 12.1 Å². The second-order valence-electron chi connectivity index (χ2n) is 5.37. The summed E-state index contributed by atoms with van der Waals surface area (Å²) in [5.74, 6) is 1.33. The zero-order valence-electron chi connectivity index (χ0n) is 12.6. The quantitative estimate of drug-likeness (QED) is 0.793. The molecule has 1 unspecified atom stereocenters. The van der Waals surface area contributed by atoms with Crippen LogP contribution in [0, 0.1) is 5.92 Å². The molecular formula is C15H26N2O2. The maximum atomic E-state index is 10.00. The second-order valence-corrected chi connectivity index (χ2v) is 5.37. The van der Waals surface area contributed by atoms with Gasteiger partial charge < -0.3 is 20.1 Å². The van der Waals surface area contributed by atoms with Crippen LogP contribution in [0.4, 0.5) is 0 Å². The summed E-state index contributed by atoms with van der Waals surface area (Å²) in [6, 6.07) is 6.04. The van der Waals surface area contributed by atoms with Gasteiger partial charge in [-0.1, -0.05) is 26.0 Å². The first-order valence-electron chi connectivity index (χ1n) is 6.69. The van der Waals surface area contributed by atoms with Gasteiger partial charge in [-0.05, 0) is 26.1 Å². The highest BCUT2D eigenvalue weighted by Crippen LogP contribution is 2.29. The molecule has 0 spiro atoms. The van der Waals surface area contributed by atoms with Gasteiger partial charge in [0.15, 0.2) is 11.5 Å². The van der Waals surface area contributed by atoms with Crippen LogP contribution in [0.15, 0.2) is 18.2 Å². The average molecular weight is 266 g/mol. The zero-order chi connectivity index (χ0) is 14.4. The van der Waals surface area contributed by atoms with Gasteiger partial charge in [0, 0.05) is 24.7 Å². The van der Waals surface area contributed by atoms with Crippen LogP contribution in [-0.4, -0.2) is 43.8 Å². The van der Waals surface area contributed by atoms with Gasteiger partial charge in [-0.15, -0.1) is 0 Å². The van der Waals surface area contributed by atoms with E-state index in [1.807, 2.05) is 12.1 Å². The molecule has 0 saturated heterocycles. The second kappa shape index (κ2) is 7.36. The number of hydrogen-bond acceptors (Lipinski definition) is 4. The minimum absolute atomic E-state index is 0.225. The number of ether oxygens (including phenoxy) is 1. The van der Waals surface area contributed by atoms with Gasteiger partial charge in [-0.25, -0.2) is 0 Å². The summed E-state index contributed by atoms with van der Waals surface area (Å²) < 4.78 is 5.10.